The van der Waals surface area contributed by atoms with Crippen molar-refractivity contribution in [3.8, 4) is 5.75 Å². The summed E-state index contributed by atoms with van der Waals surface area (Å²) in [6.07, 6.45) is 0. The number of fused-ring (bicyclic) bond motifs is 1. The Bertz CT molecular complexity index is 1450. The number of para-hydroxylation sites is 2. The molecule has 10 heteroatoms. The maximum Gasteiger partial charge on any atom is 0.270 e. The first-order valence-electron chi connectivity index (χ1n) is 9.53. The van der Waals surface area contributed by atoms with Gasteiger partial charge in [0.1, 0.15) is 11.5 Å². The number of nitrogens with zero attached hydrogens (tertiary/aromatic N) is 3. The van der Waals surface area contributed by atoms with Crippen LogP contribution in [-0.2, 0) is 15.6 Å². The molecule has 9 nitrogen and oxygen atoms in total. The Morgan fingerprint density at radius 3 is 2.41 bits per heavy atom. The van der Waals surface area contributed by atoms with Gasteiger partial charge in [0.15, 0.2) is 15.7 Å². The molecule has 0 fully saturated rings. The number of nitro groups is 1. The Morgan fingerprint density at radius 2 is 1.69 bits per heavy atom. The molecule has 3 aromatic carbocycles. The fraction of sp³-hybridized carbons (Fsp3) is 0.0909. The van der Waals surface area contributed by atoms with Crippen molar-refractivity contribution < 1.29 is 18.4 Å². The Morgan fingerprint density at radius 1 is 1.00 bits per heavy atom. The van der Waals surface area contributed by atoms with Crippen molar-refractivity contribution in [2.75, 3.05) is 5.32 Å². The first kappa shape index (κ1) is 21.2. The molecule has 0 aliphatic heterocycles. The molecule has 1 heterocycles. The molecule has 32 heavy (non-hydrogen) atoms. The highest BCUT2D eigenvalue weighted by molar-refractivity contribution is 7.90. The molecule has 0 bridgehead atoms. The zero-order valence-electron chi connectivity index (χ0n) is 16.9. The number of aromatic nitrogens is 2. The van der Waals surface area contributed by atoms with Crippen molar-refractivity contribution in [3.05, 3.63) is 88.1 Å². The van der Waals surface area contributed by atoms with E-state index in [1.807, 2.05) is 0 Å². The summed E-state index contributed by atoms with van der Waals surface area (Å²) in [5.41, 5.74) is 2.01. The molecular formula is C22H18N4O5S. The van der Waals surface area contributed by atoms with Gasteiger partial charge in [-0.3, -0.25) is 10.1 Å². The average Bonchev–Trinajstić information content (AvgIpc) is 2.77. The van der Waals surface area contributed by atoms with Crippen molar-refractivity contribution in [1.29, 1.82) is 0 Å². The molecule has 162 valence electrons. The highest BCUT2D eigenvalue weighted by Gasteiger charge is 2.22. The van der Waals surface area contributed by atoms with Crippen LogP contribution in [0.5, 0.6) is 5.75 Å². The second kappa shape index (κ2) is 8.23. The first-order chi connectivity index (χ1) is 15.2. The van der Waals surface area contributed by atoms with Crippen LogP contribution in [-0.4, -0.2) is 28.4 Å². The largest absolute Gasteiger partial charge is 0.508 e. The lowest BCUT2D eigenvalue weighted by Gasteiger charge is -2.14. The van der Waals surface area contributed by atoms with E-state index in [0.29, 0.717) is 22.3 Å². The predicted molar refractivity (Wildman–Crippen MR) is 120 cm³/mol. The van der Waals surface area contributed by atoms with Gasteiger partial charge in [-0.05, 0) is 37.3 Å². The number of anilines is 2. The van der Waals surface area contributed by atoms with E-state index in [1.165, 1.54) is 18.2 Å². The van der Waals surface area contributed by atoms with Gasteiger partial charge in [0.05, 0.1) is 26.5 Å². The van der Waals surface area contributed by atoms with E-state index < -0.39 is 20.5 Å². The highest BCUT2D eigenvalue weighted by Crippen LogP contribution is 2.30. The van der Waals surface area contributed by atoms with Crippen LogP contribution < -0.4 is 5.32 Å². The van der Waals surface area contributed by atoms with Crippen LogP contribution in [0.15, 0.2) is 71.6 Å². The number of aromatic hydroxyl groups is 1. The summed E-state index contributed by atoms with van der Waals surface area (Å²) < 4.78 is 26.2. The molecule has 0 aliphatic rings. The second-order valence-electron chi connectivity index (χ2n) is 7.10. The van der Waals surface area contributed by atoms with Gasteiger partial charge >= 0.3 is 0 Å². The van der Waals surface area contributed by atoms with Crippen molar-refractivity contribution in [1.82, 2.24) is 9.97 Å². The quantitative estimate of drug-likeness (QED) is 0.328. The van der Waals surface area contributed by atoms with E-state index in [2.05, 4.69) is 15.3 Å². The summed E-state index contributed by atoms with van der Waals surface area (Å²) in [5, 5.41) is 24.1. The summed E-state index contributed by atoms with van der Waals surface area (Å²) in [6.45, 7) is 1.71. The molecule has 0 saturated heterocycles. The lowest BCUT2D eigenvalue weighted by Crippen LogP contribution is -2.11. The number of phenols is 1. The fourth-order valence-electron chi connectivity index (χ4n) is 3.18. The molecule has 0 amide bonds. The molecule has 0 radical (unpaired) electrons. The number of benzene rings is 3. The lowest BCUT2D eigenvalue weighted by molar-refractivity contribution is -0.385. The minimum Gasteiger partial charge on any atom is -0.508 e. The fourth-order valence-corrected chi connectivity index (χ4v) is 4.49. The number of sulfone groups is 1. The number of nitrogens with one attached hydrogen (secondary N) is 1. The van der Waals surface area contributed by atoms with Crippen LogP contribution in [0.25, 0.3) is 11.0 Å². The van der Waals surface area contributed by atoms with Crippen molar-refractivity contribution in [2.45, 2.75) is 17.6 Å². The average molecular weight is 450 g/mol. The van der Waals surface area contributed by atoms with Crippen LogP contribution in [0, 0.1) is 17.0 Å². The van der Waals surface area contributed by atoms with Crippen molar-refractivity contribution in [2.24, 2.45) is 0 Å². The predicted octanol–water partition coefficient (Wildman–Crippen LogP) is 4.27. The summed E-state index contributed by atoms with van der Waals surface area (Å²) in [4.78, 5) is 19.3. The number of hydrogen-bond donors (Lipinski definition) is 2. The number of nitro benzene ring substituents is 1. The van der Waals surface area contributed by atoms with Crippen LogP contribution in [0.4, 0.5) is 17.2 Å². The molecule has 0 spiro atoms. The normalized spacial score (nSPS) is 11.4. The Hall–Kier alpha value is -4.05. The van der Waals surface area contributed by atoms with Crippen LogP contribution in [0.3, 0.4) is 0 Å². The Kier molecular flexibility index (Phi) is 5.45. The molecule has 0 atom stereocenters. The lowest BCUT2D eigenvalue weighted by atomic mass is 10.2. The first-order valence-corrected chi connectivity index (χ1v) is 11.2. The zero-order valence-corrected chi connectivity index (χ0v) is 17.7. The van der Waals surface area contributed by atoms with E-state index in [-0.39, 0.29) is 27.8 Å². The minimum atomic E-state index is -3.97. The van der Waals surface area contributed by atoms with Gasteiger partial charge < -0.3 is 10.4 Å². The molecule has 2 N–H and O–H groups in total. The van der Waals surface area contributed by atoms with Gasteiger partial charge in [-0.25, -0.2) is 18.4 Å². The molecule has 0 saturated carbocycles. The minimum absolute atomic E-state index is 0.0783. The molecule has 0 aliphatic carbocycles. The highest BCUT2D eigenvalue weighted by atomic mass is 32.2. The van der Waals surface area contributed by atoms with E-state index in [4.69, 9.17) is 0 Å². The standard InChI is InChI=1S/C22H18N4O5S/c1-14-17(10-5-11-21(14)27)24-22-20(23-18-8-2-3-9-19(18)25-22)13-32(30,31)16-7-4-6-15(12-16)26(28)29/h2-12,27H,13H2,1H3,(H,24,25). The Balaban J connectivity index is 1.80. The van der Waals surface area contributed by atoms with Crippen molar-refractivity contribution >= 4 is 38.1 Å². The van der Waals surface area contributed by atoms with E-state index in [9.17, 15) is 23.6 Å². The zero-order chi connectivity index (χ0) is 22.9. The summed E-state index contributed by atoms with van der Waals surface area (Å²) in [6, 6.07) is 16.8. The number of rotatable bonds is 6. The van der Waals surface area contributed by atoms with Gasteiger partial charge in [0.2, 0.25) is 0 Å². The number of non-ortho nitro benzene ring substituents is 1. The third-order valence-electron chi connectivity index (χ3n) is 4.92. The number of phenolic OH excluding ortho intramolecular Hbond substituents is 1. The molecule has 0 unspecified atom stereocenters. The van der Waals surface area contributed by atoms with Gasteiger partial charge in [-0.15, -0.1) is 0 Å². The van der Waals surface area contributed by atoms with Crippen LogP contribution in [0.2, 0.25) is 0 Å². The molecule has 4 aromatic rings. The third-order valence-corrected chi connectivity index (χ3v) is 6.54. The number of hydrogen-bond acceptors (Lipinski definition) is 8. The summed E-state index contributed by atoms with van der Waals surface area (Å²) >= 11 is 0. The molecule has 1 aromatic heterocycles. The van der Waals surface area contributed by atoms with Crippen LogP contribution >= 0.6 is 0 Å². The van der Waals surface area contributed by atoms with Crippen molar-refractivity contribution in [3.63, 3.8) is 0 Å². The monoisotopic (exact) mass is 450 g/mol. The summed E-state index contributed by atoms with van der Waals surface area (Å²) in [5.74, 6) is -0.229. The van der Waals surface area contributed by atoms with E-state index >= 15 is 0 Å². The summed E-state index contributed by atoms with van der Waals surface area (Å²) in [7, 11) is -3.97. The van der Waals surface area contributed by atoms with Gasteiger partial charge in [-0.2, -0.15) is 0 Å². The topological polar surface area (TPSA) is 135 Å². The maximum atomic E-state index is 13.1. The van der Waals surface area contributed by atoms with Crippen LogP contribution in [0.1, 0.15) is 11.3 Å². The molecule has 4 rings (SSSR count). The Labute approximate surface area is 183 Å². The van der Waals surface area contributed by atoms with E-state index in [1.54, 1.807) is 49.4 Å². The second-order valence-corrected chi connectivity index (χ2v) is 9.09. The van der Waals surface area contributed by atoms with Gasteiger partial charge in [0, 0.05) is 23.4 Å². The third kappa shape index (κ3) is 4.21. The van der Waals surface area contributed by atoms with Gasteiger partial charge in [0.25, 0.3) is 5.69 Å². The smallest absolute Gasteiger partial charge is 0.270 e. The van der Waals surface area contributed by atoms with E-state index in [0.717, 1.165) is 6.07 Å². The van der Waals surface area contributed by atoms with Gasteiger partial charge in [-0.1, -0.05) is 24.3 Å². The maximum absolute atomic E-state index is 13.1. The molecular weight excluding hydrogens is 432 g/mol. The SMILES string of the molecule is Cc1c(O)cccc1Nc1nc2ccccc2nc1CS(=O)(=O)c1cccc([N+](=O)[O-])c1.